The van der Waals surface area contributed by atoms with Crippen molar-refractivity contribution in [3.05, 3.63) is 96.1 Å². The molecule has 9 nitrogen and oxygen atoms in total. The fourth-order valence-corrected chi connectivity index (χ4v) is 3.52. The Kier molecular flexibility index (Phi) is 7.50. The Morgan fingerprint density at radius 3 is 2.03 bits per heavy atom. The molecule has 3 aromatic carbocycles. The number of anilines is 2. The first-order valence-electron chi connectivity index (χ1n) is 11.1. The predicted octanol–water partition coefficient (Wildman–Crippen LogP) is 4.46. The minimum atomic E-state index is -0.300. The largest absolute Gasteiger partial charge is 0.497 e. The summed E-state index contributed by atoms with van der Waals surface area (Å²) in [6.07, 6.45) is 3.29. The minimum Gasteiger partial charge on any atom is -0.497 e. The predicted molar refractivity (Wildman–Crippen MR) is 136 cm³/mol. The highest BCUT2D eigenvalue weighted by atomic mass is 16.5. The van der Waals surface area contributed by atoms with Crippen LogP contribution in [-0.4, -0.2) is 42.7 Å². The maximum absolute atomic E-state index is 12.7. The van der Waals surface area contributed by atoms with Gasteiger partial charge in [-0.25, -0.2) is 4.98 Å². The van der Waals surface area contributed by atoms with Gasteiger partial charge in [0.25, 0.3) is 11.8 Å². The van der Waals surface area contributed by atoms with Gasteiger partial charge in [0.05, 0.1) is 33.2 Å². The average molecular weight is 487 g/mol. The van der Waals surface area contributed by atoms with Crippen LogP contribution in [0.4, 0.5) is 11.4 Å². The number of nitrogens with one attached hydrogen (secondary N) is 2. The lowest BCUT2D eigenvalue weighted by Gasteiger charge is -2.11. The zero-order valence-corrected chi connectivity index (χ0v) is 20.1. The molecule has 1 aromatic heterocycles. The average Bonchev–Trinajstić information content (AvgIpc) is 3.38. The fourth-order valence-electron chi connectivity index (χ4n) is 3.52. The molecule has 0 spiro atoms. The number of ether oxygens (including phenoxy) is 3. The third kappa shape index (κ3) is 5.82. The molecule has 9 heteroatoms. The van der Waals surface area contributed by atoms with Crippen molar-refractivity contribution in [1.29, 1.82) is 0 Å². The summed E-state index contributed by atoms with van der Waals surface area (Å²) in [4.78, 5) is 29.4. The second kappa shape index (κ2) is 11.1. The first-order valence-corrected chi connectivity index (χ1v) is 11.1. The molecule has 0 unspecified atom stereocenters. The summed E-state index contributed by atoms with van der Waals surface area (Å²) < 4.78 is 17.4. The minimum absolute atomic E-state index is 0.288. The number of rotatable bonds is 9. The van der Waals surface area contributed by atoms with E-state index in [1.165, 1.54) is 7.11 Å². The molecule has 2 N–H and O–H groups in total. The molecule has 1 heterocycles. The van der Waals surface area contributed by atoms with Crippen LogP contribution < -0.4 is 24.8 Å². The molecule has 184 valence electrons. The number of carbonyl (C=O) groups excluding carboxylic acids is 2. The molecule has 0 aliphatic heterocycles. The van der Waals surface area contributed by atoms with E-state index in [1.54, 1.807) is 69.2 Å². The number of methoxy groups -OCH3 is 3. The number of hydrogen-bond donors (Lipinski definition) is 2. The van der Waals surface area contributed by atoms with Gasteiger partial charge >= 0.3 is 0 Å². The zero-order valence-electron chi connectivity index (χ0n) is 20.1. The van der Waals surface area contributed by atoms with Crippen LogP contribution in [0.5, 0.6) is 17.2 Å². The van der Waals surface area contributed by atoms with Crippen molar-refractivity contribution in [3.8, 4) is 17.2 Å². The number of aromatic nitrogens is 2. The maximum atomic E-state index is 12.7. The maximum Gasteiger partial charge on any atom is 0.275 e. The van der Waals surface area contributed by atoms with E-state index in [4.69, 9.17) is 14.2 Å². The normalized spacial score (nSPS) is 10.4. The summed E-state index contributed by atoms with van der Waals surface area (Å²) in [5, 5.41) is 5.69. The molecule has 4 aromatic rings. The molecule has 0 radical (unpaired) electrons. The van der Waals surface area contributed by atoms with E-state index in [-0.39, 0.29) is 11.8 Å². The SMILES string of the molecule is COc1ccc(NC(=O)c2cn(Cc3ccc(NC(=O)c4ccc(OC)cc4OC)cc3)cn2)cc1. The van der Waals surface area contributed by atoms with Gasteiger partial charge in [-0.3, -0.25) is 9.59 Å². The van der Waals surface area contributed by atoms with Gasteiger partial charge < -0.3 is 29.4 Å². The van der Waals surface area contributed by atoms with Gasteiger partial charge in [-0.15, -0.1) is 0 Å². The lowest BCUT2D eigenvalue weighted by molar-refractivity contribution is 0.101. The Morgan fingerprint density at radius 2 is 1.39 bits per heavy atom. The van der Waals surface area contributed by atoms with Gasteiger partial charge in [0, 0.05) is 30.2 Å². The van der Waals surface area contributed by atoms with Crippen LogP contribution in [0.1, 0.15) is 26.4 Å². The molecule has 0 aliphatic carbocycles. The van der Waals surface area contributed by atoms with Crippen LogP contribution in [0, 0.1) is 0 Å². The highest BCUT2D eigenvalue weighted by Gasteiger charge is 2.14. The molecule has 36 heavy (non-hydrogen) atoms. The molecule has 0 saturated heterocycles. The quantitative estimate of drug-likeness (QED) is 0.362. The molecule has 0 aliphatic rings. The highest BCUT2D eigenvalue weighted by molar-refractivity contribution is 6.06. The van der Waals surface area contributed by atoms with Gasteiger partial charge in [-0.2, -0.15) is 0 Å². The van der Waals surface area contributed by atoms with Crippen molar-refractivity contribution in [2.75, 3.05) is 32.0 Å². The molecule has 0 atom stereocenters. The van der Waals surface area contributed by atoms with Crippen LogP contribution >= 0.6 is 0 Å². The molecule has 2 amide bonds. The summed E-state index contributed by atoms with van der Waals surface area (Å²) in [5.41, 5.74) is 2.99. The van der Waals surface area contributed by atoms with E-state index in [2.05, 4.69) is 15.6 Å². The first kappa shape index (κ1) is 24.3. The van der Waals surface area contributed by atoms with Crippen LogP contribution in [0.25, 0.3) is 0 Å². The standard InChI is InChI=1S/C27H26N4O5/c1-34-21-10-8-20(9-11-21)30-27(33)24-16-31(17-28-24)15-18-4-6-19(7-5-18)29-26(32)23-13-12-22(35-2)14-25(23)36-3/h4-14,16-17H,15H2,1-3H3,(H,29,32)(H,30,33). The molecule has 0 saturated carbocycles. The van der Waals surface area contributed by atoms with E-state index in [1.807, 2.05) is 28.8 Å². The second-order valence-corrected chi connectivity index (χ2v) is 7.83. The highest BCUT2D eigenvalue weighted by Crippen LogP contribution is 2.25. The first-order chi connectivity index (χ1) is 17.5. The van der Waals surface area contributed by atoms with E-state index >= 15 is 0 Å². The number of benzene rings is 3. The summed E-state index contributed by atoms with van der Waals surface area (Å²) in [6, 6.07) is 19.5. The summed E-state index contributed by atoms with van der Waals surface area (Å²) in [6.45, 7) is 0.517. The van der Waals surface area contributed by atoms with Crippen molar-refractivity contribution >= 4 is 23.2 Å². The summed E-state index contributed by atoms with van der Waals surface area (Å²) >= 11 is 0. The Morgan fingerprint density at radius 1 is 0.778 bits per heavy atom. The van der Waals surface area contributed by atoms with Gasteiger partial charge in [0.2, 0.25) is 0 Å². The van der Waals surface area contributed by atoms with Gasteiger partial charge in [0.1, 0.15) is 22.9 Å². The lowest BCUT2D eigenvalue weighted by Crippen LogP contribution is -2.13. The van der Waals surface area contributed by atoms with Crippen molar-refractivity contribution in [3.63, 3.8) is 0 Å². The van der Waals surface area contributed by atoms with Crippen LogP contribution in [0.15, 0.2) is 79.3 Å². The number of hydrogen-bond acceptors (Lipinski definition) is 6. The van der Waals surface area contributed by atoms with Crippen molar-refractivity contribution in [2.45, 2.75) is 6.54 Å². The van der Waals surface area contributed by atoms with Crippen molar-refractivity contribution < 1.29 is 23.8 Å². The van der Waals surface area contributed by atoms with Crippen LogP contribution in [0.3, 0.4) is 0 Å². The van der Waals surface area contributed by atoms with Crippen LogP contribution in [-0.2, 0) is 6.54 Å². The zero-order chi connectivity index (χ0) is 25.5. The smallest absolute Gasteiger partial charge is 0.275 e. The van der Waals surface area contributed by atoms with Crippen molar-refractivity contribution in [2.24, 2.45) is 0 Å². The monoisotopic (exact) mass is 486 g/mol. The van der Waals surface area contributed by atoms with E-state index in [9.17, 15) is 9.59 Å². The molecule has 4 rings (SSSR count). The van der Waals surface area contributed by atoms with Crippen LogP contribution in [0.2, 0.25) is 0 Å². The Labute approximate surface area is 208 Å². The molecular formula is C27H26N4O5. The van der Waals surface area contributed by atoms with E-state index in [0.717, 1.165) is 5.56 Å². The summed E-state index contributed by atoms with van der Waals surface area (Å²) in [7, 11) is 4.65. The van der Waals surface area contributed by atoms with Gasteiger partial charge in [-0.1, -0.05) is 12.1 Å². The number of imidazole rings is 1. The number of amides is 2. The molecule has 0 bridgehead atoms. The summed E-state index contributed by atoms with van der Waals surface area (Å²) in [5.74, 6) is 1.16. The third-order valence-corrected chi connectivity index (χ3v) is 5.44. The number of carbonyl (C=O) groups is 2. The Bertz CT molecular complexity index is 1350. The van der Waals surface area contributed by atoms with Gasteiger partial charge in [-0.05, 0) is 54.1 Å². The third-order valence-electron chi connectivity index (χ3n) is 5.44. The Balaban J connectivity index is 1.36. The van der Waals surface area contributed by atoms with E-state index in [0.29, 0.717) is 46.4 Å². The number of nitrogens with zero attached hydrogens (tertiary/aromatic N) is 2. The van der Waals surface area contributed by atoms with E-state index < -0.39 is 0 Å². The second-order valence-electron chi connectivity index (χ2n) is 7.83. The molecule has 0 fully saturated rings. The fraction of sp³-hybridized carbons (Fsp3) is 0.148. The van der Waals surface area contributed by atoms with Gasteiger partial charge in [0.15, 0.2) is 0 Å². The Hall–Kier alpha value is -4.79. The topological polar surface area (TPSA) is 104 Å². The lowest BCUT2D eigenvalue weighted by atomic mass is 10.1. The molecular weight excluding hydrogens is 460 g/mol. The van der Waals surface area contributed by atoms with Crippen molar-refractivity contribution in [1.82, 2.24) is 9.55 Å².